The maximum atomic E-state index is 10.5. The third kappa shape index (κ3) is 9.63. The van der Waals surface area contributed by atoms with Gasteiger partial charge in [0.1, 0.15) is 6.29 Å². The van der Waals surface area contributed by atoms with Gasteiger partial charge in [-0.2, -0.15) is 0 Å². The zero-order valence-corrected chi connectivity index (χ0v) is 15.1. The molecular weight excluding hydrogens is 286 g/mol. The molecule has 0 aliphatic heterocycles. The molecule has 0 aromatic heterocycles. The van der Waals surface area contributed by atoms with Gasteiger partial charge >= 0.3 is 0 Å². The number of hydrogen-bond donors (Lipinski definition) is 1. The van der Waals surface area contributed by atoms with Gasteiger partial charge in [-0.15, -0.1) is 0 Å². The first-order valence-corrected chi connectivity index (χ1v) is 7.92. The Kier molecular flexibility index (Phi) is 10.6. The molecule has 0 heterocycles. The Morgan fingerprint density at radius 3 is 2.52 bits per heavy atom. The molecular formula is C19H31N3O. The van der Waals surface area contributed by atoms with E-state index in [1.807, 2.05) is 30.3 Å². The lowest BCUT2D eigenvalue weighted by Gasteiger charge is -2.23. The van der Waals surface area contributed by atoms with Crippen LogP contribution in [0.4, 0.5) is 0 Å². The summed E-state index contributed by atoms with van der Waals surface area (Å²) in [6.07, 6.45) is 12.9. The topological polar surface area (TPSA) is 47.4 Å². The largest absolute Gasteiger partial charge is 0.352 e. The van der Waals surface area contributed by atoms with E-state index in [2.05, 4.69) is 38.5 Å². The molecule has 0 aliphatic carbocycles. The van der Waals surface area contributed by atoms with Crippen molar-refractivity contribution in [2.45, 2.75) is 33.2 Å². The van der Waals surface area contributed by atoms with Gasteiger partial charge in [-0.3, -0.25) is 4.79 Å². The molecule has 0 aromatic rings. The molecule has 0 amide bonds. The van der Waals surface area contributed by atoms with E-state index >= 15 is 0 Å². The third-order valence-corrected chi connectivity index (χ3v) is 3.79. The summed E-state index contributed by atoms with van der Waals surface area (Å²) in [5.41, 5.74) is 1.57. The van der Waals surface area contributed by atoms with Gasteiger partial charge in [-0.1, -0.05) is 25.7 Å². The highest BCUT2D eigenvalue weighted by Gasteiger charge is 2.07. The highest BCUT2D eigenvalue weighted by molar-refractivity contribution is 5.72. The third-order valence-electron chi connectivity index (χ3n) is 3.79. The van der Waals surface area contributed by atoms with Crippen molar-refractivity contribution in [3.05, 3.63) is 48.4 Å². The van der Waals surface area contributed by atoms with Crippen LogP contribution in [-0.4, -0.2) is 49.0 Å². The number of carbonyl (C=O) groups excluding carboxylic acids is 1. The fraction of sp³-hybridized carbons (Fsp3) is 0.474. The summed E-state index contributed by atoms with van der Waals surface area (Å²) >= 11 is 0. The first-order chi connectivity index (χ1) is 10.8. The van der Waals surface area contributed by atoms with Gasteiger partial charge < -0.3 is 15.2 Å². The normalized spacial score (nSPS) is 15.1. The summed E-state index contributed by atoms with van der Waals surface area (Å²) in [6.45, 7) is 11.0. The molecule has 0 aliphatic rings. The van der Waals surface area contributed by atoms with Crippen LogP contribution in [0, 0.1) is 11.3 Å². The van der Waals surface area contributed by atoms with E-state index < -0.39 is 0 Å². The quantitative estimate of drug-likeness (QED) is 0.274. The standard InChI is InChI=1S/C19H31N3O/c1-16(14-20)11-13-22(6)19(4)10-9-18(3)21(5)12-7-8-17(2)15-23/h7-10,12,14-16,19-20H,3,11,13H2,1-2,4-6H3/b10-9-,12-7-,17-8-,20-14?/t16?,19-/m0/s1. The minimum absolute atomic E-state index is 0.305. The second-order valence-corrected chi connectivity index (χ2v) is 5.99. The highest BCUT2D eigenvalue weighted by atomic mass is 16.1. The molecule has 0 fully saturated rings. The van der Waals surface area contributed by atoms with Crippen LogP contribution >= 0.6 is 0 Å². The number of hydrogen-bond acceptors (Lipinski definition) is 4. The van der Waals surface area contributed by atoms with E-state index in [0.29, 0.717) is 17.5 Å². The molecule has 0 spiro atoms. The number of likely N-dealkylation sites (N-methyl/N-ethyl adjacent to an activating group) is 2. The SMILES string of the molecule is C=C(/C=C\[C@H](C)N(C)CCC(C)C=N)N(C)/C=C\C=C(\C)C=O. The van der Waals surface area contributed by atoms with Gasteiger partial charge in [-0.05, 0) is 63.7 Å². The smallest absolute Gasteiger partial charge is 0.145 e. The van der Waals surface area contributed by atoms with Gasteiger partial charge in [0.15, 0.2) is 0 Å². The molecule has 4 heteroatoms. The van der Waals surface area contributed by atoms with Crippen molar-refractivity contribution in [1.82, 2.24) is 9.80 Å². The van der Waals surface area contributed by atoms with Crippen molar-refractivity contribution in [3.8, 4) is 0 Å². The van der Waals surface area contributed by atoms with Crippen molar-refractivity contribution < 1.29 is 4.79 Å². The van der Waals surface area contributed by atoms with Crippen LogP contribution in [0.5, 0.6) is 0 Å². The summed E-state index contributed by atoms with van der Waals surface area (Å²) in [5.74, 6) is 0.322. The molecule has 4 nitrogen and oxygen atoms in total. The Morgan fingerprint density at radius 2 is 1.96 bits per heavy atom. The van der Waals surface area contributed by atoms with Crippen molar-refractivity contribution in [3.63, 3.8) is 0 Å². The number of aldehydes is 1. The Balaban J connectivity index is 4.43. The first-order valence-electron chi connectivity index (χ1n) is 7.92. The Morgan fingerprint density at radius 1 is 1.30 bits per heavy atom. The molecule has 2 atom stereocenters. The molecule has 0 rings (SSSR count). The zero-order valence-electron chi connectivity index (χ0n) is 15.1. The Hall–Kier alpha value is -1.94. The van der Waals surface area contributed by atoms with Crippen molar-refractivity contribution in [1.29, 1.82) is 5.41 Å². The lowest BCUT2D eigenvalue weighted by molar-refractivity contribution is -0.104. The fourth-order valence-corrected chi connectivity index (χ4v) is 1.67. The van der Waals surface area contributed by atoms with E-state index in [4.69, 9.17) is 5.41 Å². The van der Waals surface area contributed by atoms with Crippen LogP contribution < -0.4 is 0 Å². The lowest BCUT2D eigenvalue weighted by Crippen LogP contribution is -2.29. The number of nitrogens with zero attached hydrogens (tertiary/aromatic N) is 2. The van der Waals surface area contributed by atoms with Gasteiger partial charge in [0.25, 0.3) is 0 Å². The van der Waals surface area contributed by atoms with Crippen molar-refractivity contribution >= 4 is 12.5 Å². The molecule has 0 bridgehead atoms. The maximum absolute atomic E-state index is 10.5. The maximum Gasteiger partial charge on any atom is 0.145 e. The highest BCUT2D eigenvalue weighted by Crippen LogP contribution is 2.07. The lowest BCUT2D eigenvalue weighted by atomic mass is 10.1. The number of carbonyl (C=O) groups is 1. The summed E-state index contributed by atoms with van der Waals surface area (Å²) < 4.78 is 0. The summed E-state index contributed by atoms with van der Waals surface area (Å²) in [7, 11) is 4.01. The van der Waals surface area contributed by atoms with E-state index in [1.54, 1.807) is 13.0 Å². The zero-order chi connectivity index (χ0) is 17.8. The van der Waals surface area contributed by atoms with E-state index in [0.717, 1.165) is 24.9 Å². The van der Waals surface area contributed by atoms with Gasteiger partial charge in [-0.25, -0.2) is 0 Å². The van der Waals surface area contributed by atoms with Crippen LogP contribution in [0.25, 0.3) is 0 Å². The summed E-state index contributed by atoms with van der Waals surface area (Å²) in [6, 6.07) is 0.305. The van der Waals surface area contributed by atoms with Crippen LogP contribution in [0.2, 0.25) is 0 Å². The minimum atomic E-state index is 0.305. The average Bonchev–Trinajstić information content (AvgIpc) is 2.55. The molecule has 1 N–H and O–H groups in total. The van der Waals surface area contributed by atoms with Crippen LogP contribution in [0.1, 0.15) is 27.2 Å². The predicted octanol–water partition coefficient (Wildman–Crippen LogP) is 3.64. The molecule has 0 aromatic carbocycles. The van der Waals surface area contributed by atoms with Crippen molar-refractivity contribution in [2.75, 3.05) is 20.6 Å². The molecule has 23 heavy (non-hydrogen) atoms. The number of rotatable bonds is 11. The number of nitrogens with one attached hydrogen (secondary N) is 1. The molecule has 0 saturated heterocycles. The van der Waals surface area contributed by atoms with Crippen molar-refractivity contribution in [2.24, 2.45) is 5.92 Å². The number of allylic oxidation sites excluding steroid dienone is 4. The summed E-state index contributed by atoms with van der Waals surface area (Å²) in [4.78, 5) is 14.7. The van der Waals surface area contributed by atoms with Gasteiger partial charge in [0.05, 0.1) is 0 Å². The average molecular weight is 317 g/mol. The molecule has 0 radical (unpaired) electrons. The molecule has 0 saturated carbocycles. The summed E-state index contributed by atoms with van der Waals surface area (Å²) in [5, 5.41) is 7.23. The van der Waals surface area contributed by atoms with Gasteiger partial charge in [0.2, 0.25) is 0 Å². The predicted molar refractivity (Wildman–Crippen MR) is 99.7 cm³/mol. The Bertz CT molecular complexity index is 477. The van der Waals surface area contributed by atoms with E-state index in [1.165, 1.54) is 6.21 Å². The van der Waals surface area contributed by atoms with Crippen LogP contribution in [0.3, 0.4) is 0 Å². The van der Waals surface area contributed by atoms with Gasteiger partial charge in [0, 0.05) is 25.0 Å². The monoisotopic (exact) mass is 317 g/mol. The van der Waals surface area contributed by atoms with Crippen LogP contribution in [0.15, 0.2) is 48.4 Å². The minimum Gasteiger partial charge on any atom is -0.352 e. The second kappa shape index (κ2) is 11.6. The van der Waals surface area contributed by atoms with Crippen LogP contribution in [-0.2, 0) is 4.79 Å². The first kappa shape index (κ1) is 21.1. The van der Waals surface area contributed by atoms with E-state index in [-0.39, 0.29) is 0 Å². The second-order valence-electron chi connectivity index (χ2n) is 5.99. The van der Waals surface area contributed by atoms with E-state index in [9.17, 15) is 4.79 Å². The molecule has 1 unspecified atom stereocenters. The molecule has 128 valence electrons. The fourth-order valence-electron chi connectivity index (χ4n) is 1.67. The Labute approximate surface area is 141 Å².